The van der Waals surface area contributed by atoms with E-state index in [0.29, 0.717) is 17.3 Å². The standard InChI is InChI=1S/C16H16ClF2NO/c1-2-8-20-10-12-13(17)4-3-5-15(12)21-16-7-6-11(18)9-14(16)19/h3-7,9,20H,2,8,10H2,1H3. The second-order valence-corrected chi connectivity index (χ2v) is 4.98. The van der Waals surface area contributed by atoms with E-state index in [1.54, 1.807) is 18.2 Å². The minimum absolute atomic E-state index is 0.0320. The molecule has 0 bridgehead atoms. The maximum atomic E-state index is 13.7. The van der Waals surface area contributed by atoms with Crippen molar-refractivity contribution in [3.63, 3.8) is 0 Å². The van der Waals surface area contributed by atoms with E-state index in [1.807, 2.05) is 0 Å². The topological polar surface area (TPSA) is 21.3 Å². The first kappa shape index (κ1) is 15.7. The number of nitrogens with one attached hydrogen (secondary N) is 1. The highest BCUT2D eigenvalue weighted by atomic mass is 35.5. The van der Waals surface area contributed by atoms with Gasteiger partial charge in [0.15, 0.2) is 11.6 Å². The van der Waals surface area contributed by atoms with Crippen molar-refractivity contribution in [3.05, 3.63) is 58.6 Å². The average Bonchev–Trinajstić information content (AvgIpc) is 2.45. The molecule has 0 saturated heterocycles. The smallest absolute Gasteiger partial charge is 0.168 e. The number of hydrogen-bond acceptors (Lipinski definition) is 2. The lowest BCUT2D eigenvalue weighted by Crippen LogP contribution is -2.14. The molecule has 2 aromatic rings. The zero-order valence-electron chi connectivity index (χ0n) is 11.6. The summed E-state index contributed by atoms with van der Waals surface area (Å²) in [6, 6.07) is 8.38. The highest BCUT2D eigenvalue weighted by Crippen LogP contribution is 2.31. The molecular weight excluding hydrogens is 296 g/mol. The van der Waals surface area contributed by atoms with Crippen molar-refractivity contribution >= 4 is 11.6 Å². The van der Waals surface area contributed by atoms with Crippen LogP contribution in [-0.4, -0.2) is 6.54 Å². The van der Waals surface area contributed by atoms with Crippen molar-refractivity contribution in [2.45, 2.75) is 19.9 Å². The third-order valence-electron chi connectivity index (χ3n) is 2.92. The van der Waals surface area contributed by atoms with Crippen LogP contribution in [0.2, 0.25) is 5.02 Å². The van der Waals surface area contributed by atoms with Crippen molar-refractivity contribution < 1.29 is 13.5 Å². The zero-order chi connectivity index (χ0) is 15.2. The van der Waals surface area contributed by atoms with E-state index in [0.717, 1.165) is 30.7 Å². The third-order valence-corrected chi connectivity index (χ3v) is 3.27. The normalized spacial score (nSPS) is 10.7. The Kier molecular flexibility index (Phi) is 5.53. The lowest BCUT2D eigenvalue weighted by atomic mass is 10.2. The first-order valence-corrected chi connectivity index (χ1v) is 7.10. The Morgan fingerprint density at radius 3 is 2.67 bits per heavy atom. The summed E-state index contributed by atoms with van der Waals surface area (Å²) in [6.45, 7) is 3.42. The van der Waals surface area contributed by atoms with Crippen LogP contribution in [0.5, 0.6) is 11.5 Å². The Labute approximate surface area is 127 Å². The van der Waals surface area contributed by atoms with Crippen molar-refractivity contribution in [1.82, 2.24) is 5.32 Å². The van der Waals surface area contributed by atoms with Crippen LogP contribution in [0.25, 0.3) is 0 Å². The molecule has 2 nitrogen and oxygen atoms in total. The van der Waals surface area contributed by atoms with Crippen LogP contribution in [0, 0.1) is 11.6 Å². The fraction of sp³-hybridized carbons (Fsp3) is 0.250. The van der Waals surface area contributed by atoms with Crippen LogP contribution < -0.4 is 10.1 Å². The van der Waals surface area contributed by atoms with Gasteiger partial charge in [-0.2, -0.15) is 0 Å². The van der Waals surface area contributed by atoms with E-state index < -0.39 is 11.6 Å². The SMILES string of the molecule is CCCNCc1c(Cl)cccc1Oc1ccc(F)cc1F. The van der Waals surface area contributed by atoms with E-state index in [2.05, 4.69) is 12.2 Å². The van der Waals surface area contributed by atoms with Gasteiger partial charge in [0, 0.05) is 23.2 Å². The van der Waals surface area contributed by atoms with Gasteiger partial charge in [0.05, 0.1) is 0 Å². The van der Waals surface area contributed by atoms with Gasteiger partial charge in [-0.15, -0.1) is 0 Å². The van der Waals surface area contributed by atoms with E-state index in [1.165, 1.54) is 6.07 Å². The fourth-order valence-corrected chi connectivity index (χ4v) is 2.11. The molecular formula is C16H16ClF2NO. The molecule has 0 atom stereocenters. The van der Waals surface area contributed by atoms with Crippen molar-refractivity contribution in [1.29, 1.82) is 0 Å². The Balaban J connectivity index is 2.24. The highest BCUT2D eigenvalue weighted by Gasteiger charge is 2.12. The molecule has 0 aliphatic heterocycles. The first-order valence-electron chi connectivity index (χ1n) is 6.73. The Morgan fingerprint density at radius 1 is 1.14 bits per heavy atom. The largest absolute Gasteiger partial charge is 0.454 e. The lowest BCUT2D eigenvalue weighted by Gasteiger charge is -2.13. The molecule has 0 amide bonds. The predicted octanol–water partition coefficient (Wildman–Crippen LogP) is 4.91. The molecule has 21 heavy (non-hydrogen) atoms. The molecule has 2 aromatic carbocycles. The summed E-state index contributed by atoms with van der Waals surface area (Å²) in [6.07, 6.45) is 0.993. The van der Waals surface area contributed by atoms with Gasteiger partial charge < -0.3 is 10.1 Å². The van der Waals surface area contributed by atoms with Crippen molar-refractivity contribution in [2.24, 2.45) is 0 Å². The summed E-state index contributed by atoms with van der Waals surface area (Å²) in [4.78, 5) is 0. The molecule has 0 aliphatic rings. The summed E-state index contributed by atoms with van der Waals surface area (Å²) < 4.78 is 32.1. The average molecular weight is 312 g/mol. The predicted molar refractivity (Wildman–Crippen MR) is 79.9 cm³/mol. The van der Waals surface area contributed by atoms with E-state index in [9.17, 15) is 8.78 Å². The molecule has 0 radical (unpaired) electrons. The number of halogens is 3. The number of rotatable bonds is 6. The molecule has 5 heteroatoms. The van der Waals surface area contributed by atoms with Crippen LogP contribution in [0.3, 0.4) is 0 Å². The molecule has 2 rings (SSSR count). The molecule has 0 aliphatic carbocycles. The molecule has 0 unspecified atom stereocenters. The minimum atomic E-state index is -0.748. The minimum Gasteiger partial charge on any atom is -0.454 e. The van der Waals surface area contributed by atoms with Crippen LogP contribution >= 0.6 is 11.6 Å². The lowest BCUT2D eigenvalue weighted by molar-refractivity contribution is 0.431. The highest BCUT2D eigenvalue weighted by molar-refractivity contribution is 6.31. The molecule has 0 spiro atoms. The Hall–Kier alpha value is -1.65. The number of hydrogen-bond donors (Lipinski definition) is 1. The monoisotopic (exact) mass is 311 g/mol. The summed E-state index contributed by atoms with van der Waals surface area (Å²) >= 11 is 6.17. The second-order valence-electron chi connectivity index (χ2n) is 4.57. The first-order chi connectivity index (χ1) is 10.1. The van der Waals surface area contributed by atoms with Gasteiger partial charge in [-0.3, -0.25) is 0 Å². The molecule has 0 aromatic heterocycles. The summed E-state index contributed by atoms with van der Waals surface area (Å²) in [5, 5.41) is 3.76. The molecule has 0 heterocycles. The van der Waals surface area contributed by atoms with Crippen LogP contribution in [0.1, 0.15) is 18.9 Å². The Bertz CT molecular complexity index is 619. The summed E-state index contributed by atoms with van der Waals surface area (Å²) in [7, 11) is 0. The van der Waals surface area contributed by atoms with Gasteiger partial charge in [0.2, 0.25) is 0 Å². The summed E-state index contributed by atoms with van der Waals surface area (Å²) in [5.41, 5.74) is 0.747. The van der Waals surface area contributed by atoms with E-state index in [4.69, 9.17) is 16.3 Å². The fourth-order valence-electron chi connectivity index (χ4n) is 1.87. The van der Waals surface area contributed by atoms with Crippen molar-refractivity contribution in [2.75, 3.05) is 6.54 Å². The van der Waals surface area contributed by atoms with Gasteiger partial charge in [-0.1, -0.05) is 24.6 Å². The zero-order valence-corrected chi connectivity index (χ0v) is 12.4. The molecule has 112 valence electrons. The molecule has 0 saturated carbocycles. The maximum absolute atomic E-state index is 13.7. The Morgan fingerprint density at radius 2 is 1.95 bits per heavy atom. The van der Waals surface area contributed by atoms with Gasteiger partial charge in [-0.25, -0.2) is 8.78 Å². The molecule has 1 N–H and O–H groups in total. The maximum Gasteiger partial charge on any atom is 0.168 e. The van der Waals surface area contributed by atoms with Crippen LogP contribution in [0.15, 0.2) is 36.4 Å². The van der Waals surface area contributed by atoms with Gasteiger partial charge >= 0.3 is 0 Å². The molecule has 0 fully saturated rings. The van der Waals surface area contributed by atoms with E-state index in [-0.39, 0.29) is 5.75 Å². The summed E-state index contributed by atoms with van der Waals surface area (Å²) in [5.74, 6) is -0.967. The number of benzene rings is 2. The second kappa shape index (κ2) is 7.38. The third kappa shape index (κ3) is 4.16. The van der Waals surface area contributed by atoms with E-state index >= 15 is 0 Å². The van der Waals surface area contributed by atoms with Gasteiger partial charge in [0.25, 0.3) is 0 Å². The van der Waals surface area contributed by atoms with Gasteiger partial charge in [-0.05, 0) is 37.2 Å². The number of ether oxygens (including phenoxy) is 1. The quantitative estimate of drug-likeness (QED) is 0.765. The van der Waals surface area contributed by atoms with Crippen LogP contribution in [0.4, 0.5) is 8.78 Å². The van der Waals surface area contributed by atoms with Crippen molar-refractivity contribution in [3.8, 4) is 11.5 Å². The van der Waals surface area contributed by atoms with Crippen LogP contribution in [-0.2, 0) is 6.54 Å². The van der Waals surface area contributed by atoms with Gasteiger partial charge in [0.1, 0.15) is 11.6 Å².